The molecule has 0 aliphatic heterocycles. The van der Waals surface area contributed by atoms with Gasteiger partial charge in [-0.1, -0.05) is 37.6 Å². The monoisotopic (exact) mass is 266 g/mol. The average Bonchev–Trinajstić information content (AvgIpc) is 2.27. The standard InChI is InChI=1S/C17H30O2/c1-7-16(18)19-17(5,6)13-9-12-15(4)11-8-10-14(2)3/h9-10,12,15H,7-8,11,13H2,1-6H3/b12-9+. The van der Waals surface area contributed by atoms with Gasteiger partial charge in [0.05, 0.1) is 0 Å². The van der Waals surface area contributed by atoms with Crippen LogP contribution in [0.15, 0.2) is 23.8 Å². The number of hydrogen-bond acceptors (Lipinski definition) is 2. The van der Waals surface area contributed by atoms with Crippen molar-refractivity contribution in [2.24, 2.45) is 5.92 Å². The summed E-state index contributed by atoms with van der Waals surface area (Å²) < 4.78 is 5.38. The van der Waals surface area contributed by atoms with Crippen molar-refractivity contribution in [3.8, 4) is 0 Å². The molecule has 0 bridgehead atoms. The second kappa shape index (κ2) is 8.95. The van der Waals surface area contributed by atoms with E-state index in [1.54, 1.807) is 0 Å². The maximum atomic E-state index is 11.3. The normalized spacial score (nSPS) is 13.4. The lowest BCUT2D eigenvalue weighted by molar-refractivity contribution is -0.155. The fourth-order valence-corrected chi connectivity index (χ4v) is 1.74. The molecule has 0 aromatic carbocycles. The number of rotatable bonds is 8. The van der Waals surface area contributed by atoms with Crippen LogP contribution in [0.5, 0.6) is 0 Å². The van der Waals surface area contributed by atoms with Crippen molar-refractivity contribution < 1.29 is 9.53 Å². The summed E-state index contributed by atoms with van der Waals surface area (Å²) in [7, 11) is 0. The van der Waals surface area contributed by atoms with Crippen LogP contribution in [0.25, 0.3) is 0 Å². The summed E-state index contributed by atoms with van der Waals surface area (Å²) >= 11 is 0. The molecule has 19 heavy (non-hydrogen) atoms. The summed E-state index contributed by atoms with van der Waals surface area (Å²) in [4.78, 5) is 11.3. The van der Waals surface area contributed by atoms with Gasteiger partial charge in [-0.3, -0.25) is 4.79 Å². The first-order valence-corrected chi connectivity index (χ1v) is 7.28. The van der Waals surface area contributed by atoms with Crippen molar-refractivity contribution in [1.82, 2.24) is 0 Å². The van der Waals surface area contributed by atoms with Gasteiger partial charge in [0.15, 0.2) is 0 Å². The second-order valence-corrected chi connectivity index (χ2v) is 6.06. The molecule has 0 saturated carbocycles. The van der Waals surface area contributed by atoms with E-state index in [-0.39, 0.29) is 5.97 Å². The van der Waals surface area contributed by atoms with Crippen molar-refractivity contribution in [2.75, 3.05) is 0 Å². The summed E-state index contributed by atoms with van der Waals surface area (Å²) in [5.41, 5.74) is 0.979. The van der Waals surface area contributed by atoms with Gasteiger partial charge in [0.25, 0.3) is 0 Å². The minimum absolute atomic E-state index is 0.130. The van der Waals surface area contributed by atoms with Crippen LogP contribution in [0.1, 0.15) is 67.2 Å². The third-order valence-electron chi connectivity index (χ3n) is 2.93. The lowest BCUT2D eigenvalue weighted by Crippen LogP contribution is -2.26. The molecule has 0 aromatic rings. The molecule has 0 rings (SSSR count). The van der Waals surface area contributed by atoms with E-state index in [4.69, 9.17) is 4.74 Å². The molecule has 0 N–H and O–H groups in total. The second-order valence-electron chi connectivity index (χ2n) is 6.06. The van der Waals surface area contributed by atoms with E-state index >= 15 is 0 Å². The van der Waals surface area contributed by atoms with Crippen LogP contribution in [-0.2, 0) is 9.53 Å². The predicted octanol–water partition coefficient (Wildman–Crippen LogP) is 5.05. The Bertz CT molecular complexity index is 320. The van der Waals surface area contributed by atoms with E-state index < -0.39 is 5.60 Å². The molecule has 1 atom stereocenters. The summed E-state index contributed by atoms with van der Waals surface area (Å²) in [5.74, 6) is 0.434. The minimum Gasteiger partial charge on any atom is -0.459 e. The van der Waals surface area contributed by atoms with Crippen molar-refractivity contribution in [3.63, 3.8) is 0 Å². The van der Waals surface area contributed by atoms with Crippen molar-refractivity contribution >= 4 is 5.97 Å². The Morgan fingerprint density at radius 2 is 1.95 bits per heavy atom. The van der Waals surface area contributed by atoms with Gasteiger partial charge >= 0.3 is 5.97 Å². The zero-order valence-electron chi connectivity index (χ0n) is 13.5. The highest BCUT2D eigenvalue weighted by Crippen LogP contribution is 2.17. The Hall–Kier alpha value is -1.05. The quantitative estimate of drug-likeness (QED) is 0.454. The van der Waals surface area contributed by atoms with Crippen molar-refractivity contribution in [3.05, 3.63) is 23.8 Å². The molecule has 2 nitrogen and oxygen atoms in total. The van der Waals surface area contributed by atoms with E-state index in [0.29, 0.717) is 12.3 Å². The largest absolute Gasteiger partial charge is 0.459 e. The summed E-state index contributed by atoms with van der Waals surface area (Å²) in [6.45, 7) is 12.2. The Morgan fingerprint density at radius 1 is 1.32 bits per heavy atom. The summed E-state index contributed by atoms with van der Waals surface area (Å²) in [6, 6.07) is 0. The van der Waals surface area contributed by atoms with Gasteiger partial charge < -0.3 is 4.74 Å². The van der Waals surface area contributed by atoms with Crippen LogP contribution < -0.4 is 0 Å². The number of ether oxygens (including phenoxy) is 1. The molecular formula is C17H30O2. The van der Waals surface area contributed by atoms with Crippen LogP contribution in [0.4, 0.5) is 0 Å². The zero-order valence-corrected chi connectivity index (χ0v) is 13.5. The molecule has 0 heterocycles. The van der Waals surface area contributed by atoms with E-state index in [2.05, 4.69) is 39.0 Å². The number of esters is 1. The minimum atomic E-state index is -0.400. The maximum absolute atomic E-state index is 11.3. The van der Waals surface area contributed by atoms with Crippen LogP contribution in [0.3, 0.4) is 0 Å². The van der Waals surface area contributed by atoms with Gasteiger partial charge in [-0.2, -0.15) is 0 Å². The van der Waals surface area contributed by atoms with Crippen LogP contribution >= 0.6 is 0 Å². The molecule has 0 aromatic heterocycles. The molecule has 1 unspecified atom stereocenters. The molecule has 0 spiro atoms. The molecule has 2 heteroatoms. The van der Waals surface area contributed by atoms with Crippen LogP contribution in [0, 0.1) is 5.92 Å². The first kappa shape index (κ1) is 17.9. The number of carbonyl (C=O) groups excluding carboxylic acids is 1. The highest BCUT2D eigenvalue weighted by Gasteiger charge is 2.20. The van der Waals surface area contributed by atoms with E-state index in [1.807, 2.05) is 20.8 Å². The highest BCUT2D eigenvalue weighted by atomic mass is 16.6. The number of hydrogen-bond donors (Lipinski definition) is 0. The first-order valence-electron chi connectivity index (χ1n) is 7.28. The van der Waals surface area contributed by atoms with Gasteiger partial charge in [-0.05, 0) is 46.5 Å². The highest BCUT2D eigenvalue weighted by molar-refractivity contribution is 5.69. The third kappa shape index (κ3) is 10.5. The van der Waals surface area contributed by atoms with E-state index in [0.717, 1.165) is 19.3 Å². The van der Waals surface area contributed by atoms with E-state index in [1.165, 1.54) is 5.57 Å². The molecule has 0 saturated heterocycles. The van der Waals surface area contributed by atoms with Crippen molar-refractivity contribution in [1.29, 1.82) is 0 Å². The van der Waals surface area contributed by atoms with Crippen LogP contribution in [-0.4, -0.2) is 11.6 Å². The smallest absolute Gasteiger partial charge is 0.306 e. The van der Waals surface area contributed by atoms with Crippen LogP contribution in [0.2, 0.25) is 0 Å². The molecule has 0 amide bonds. The van der Waals surface area contributed by atoms with Gasteiger partial charge in [0, 0.05) is 12.8 Å². The topological polar surface area (TPSA) is 26.3 Å². The maximum Gasteiger partial charge on any atom is 0.306 e. The molecule has 110 valence electrons. The zero-order chi connectivity index (χ0) is 14.9. The molecule has 0 fully saturated rings. The van der Waals surface area contributed by atoms with E-state index in [9.17, 15) is 4.79 Å². The fraction of sp³-hybridized carbons (Fsp3) is 0.706. The predicted molar refractivity (Wildman–Crippen MR) is 82.0 cm³/mol. The Balaban J connectivity index is 4.05. The molecule has 0 aliphatic carbocycles. The average molecular weight is 266 g/mol. The Labute approximate surface area is 118 Å². The molecular weight excluding hydrogens is 236 g/mol. The number of allylic oxidation sites excluding steroid dienone is 3. The van der Waals surface area contributed by atoms with Crippen molar-refractivity contribution in [2.45, 2.75) is 72.8 Å². The van der Waals surface area contributed by atoms with Gasteiger partial charge in [0.2, 0.25) is 0 Å². The summed E-state index contributed by atoms with van der Waals surface area (Å²) in [5, 5.41) is 0. The summed E-state index contributed by atoms with van der Waals surface area (Å²) in [6.07, 6.45) is 10.1. The third-order valence-corrected chi connectivity index (χ3v) is 2.93. The molecule has 0 radical (unpaired) electrons. The van der Waals surface area contributed by atoms with Gasteiger partial charge in [0.1, 0.15) is 5.60 Å². The fourth-order valence-electron chi connectivity index (χ4n) is 1.74. The Kier molecular flexibility index (Phi) is 8.46. The number of carbonyl (C=O) groups is 1. The first-order chi connectivity index (χ1) is 8.76. The Morgan fingerprint density at radius 3 is 2.47 bits per heavy atom. The SMILES string of the molecule is CCC(=O)OC(C)(C)C/C=C/C(C)CCC=C(C)C. The van der Waals surface area contributed by atoms with Gasteiger partial charge in [-0.15, -0.1) is 0 Å². The van der Waals surface area contributed by atoms with Gasteiger partial charge in [-0.25, -0.2) is 0 Å². The lowest BCUT2D eigenvalue weighted by Gasteiger charge is -2.23. The lowest BCUT2D eigenvalue weighted by atomic mass is 10.00. The molecule has 0 aliphatic rings.